The summed E-state index contributed by atoms with van der Waals surface area (Å²) < 4.78 is 13.0. The highest BCUT2D eigenvalue weighted by Crippen LogP contribution is 2.34. The van der Waals surface area contributed by atoms with E-state index >= 15 is 0 Å². The summed E-state index contributed by atoms with van der Waals surface area (Å²) in [6.07, 6.45) is 0. The summed E-state index contributed by atoms with van der Waals surface area (Å²) in [4.78, 5) is 4.30. The second-order valence-electron chi connectivity index (χ2n) is 3.70. The summed E-state index contributed by atoms with van der Waals surface area (Å²) >= 11 is 0. The number of nitrogens with two attached hydrogens (primary N) is 1. The lowest BCUT2D eigenvalue weighted by atomic mass is 10.2. The number of anilines is 1. The van der Waals surface area contributed by atoms with Crippen molar-refractivity contribution < 1.29 is 9.47 Å². The van der Waals surface area contributed by atoms with Crippen molar-refractivity contribution >= 4 is 17.0 Å². The van der Waals surface area contributed by atoms with Gasteiger partial charge in [-0.25, -0.2) is 4.98 Å². The minimum atomic E-state index is 0.528. The number of hydrogen-bond acceptors (Lipinski definition) is 4. The maximum absolute atomic E-state index is 5.83. The molecule has 5 heteroatoms. The molecular formula is C11H13N3O2. The van der Waals surface area contributed by atoms with E-state index in [1.54, 1.807) is 0 Å². The first-order valence-electron chi connectivity index (χ1n) is 5.35. The van der Waals surface area contributed by atoms with E-state index in [9.17, 15) is 0 Å². The zero-order chi connectivity index (χ0) is 11.1. The maximum Gasteiger partial charge on any atom is 0.201 e. The van der Waals surface area contributed by atoms with Gasteiger partial charge in [-0.15, -0.1) is 0 Å². The summed E-state index contributed by atoms with van der Waals surface area (Å²) in [5.41, 5.74) is 7.67. The average Bonchev–Trinajstić information content (AvgIpc) is 2.60. The van der Waals surface area contributed by atoms with Gasteiger partial charge in [0.2, 0.25) is 5.95 Å². The highest BCUT2D eigenvalue weighted by molar-refractivity contribution is 5.82. The van der Waals surface area contributed by atoms with E-state index in [0.717, 1.165) is 29.1 Å². The SMILES string of the molecule is CCn1c(N)nc2cc3c(cc21)OCCO3. The molecule has 0 saturated heterocycles. The Labute approximate surface area is 92.8 Å². The smallest absolute Gasteiger partial charge is 0.201 e. The van der Waals surface area contributed by atoms with Crippen molar-refractivity contribution in [1.29, 1.82) is 0 Å². The van der Waals surface area contributed by atoms with Gasteiger partial charge >= 0.3 is 0 Å². The molecule has 2 heterocycles. The van der Waals surface area contributed by atoms with E-state index in [1.807, 2.05) is 23.6 Å². The lowest BCUT2D eigenvalue weighted by Gasteiger charge is -2.18. The second kappa shape index (κ2) is 3.30. The molecule has 0 spiro atoms. The molecule has 0 bridgehead atoms. The first kappa shape index (κ1) is 9.33. The number of rotatable bonds is 1. The van der Waals surface area contributed by atoms with Crippen LogP contribution in [0.25, 0.3) is 11.0 Å². The van der Waals surface area contributed by atoms with Crippen molar-refractivity contribution in [2.75, 3.05) is 18.9 Å². The Morgan fingerprint density at radius 2 is 2.00 bits per heavy atom. The predicted molar refractivity (Wildman–Crippen MR) is 60.8 cm³/mol. The number of aryl methyl sites for hydroxylation is 1. The number of aromatic nitrogens is 2. The molecule has 0 amide bonds. The molecule has 3 rings (SSSR count). The molecule has 84 valence electrons. The molecule has 1 aliphatic heterocycles. The summed E-state index contributed by atoms with van der Waals surface area (Å²) in [5.74, 6) is 2.05. The lowest BCUT2D eigenvalue weighted by Crippen LogP contribution is -2.15. The highest BCUT2D eigenvalue weighted by atomic mass is 16.6. The molecule has 1 aromatic carbocycles. The molecule has 0 atom stereocenters. The van der Waals surface area contributed by atoms with Crippen LogP contribution >= 0.6 is 0 Å². The van der Waals surface area contributed by atoms with E-state index in [0.29, 0.717) is 19.2 Å². The van der Waals surface area contributed by atoms with Crippen molar-refractivity contribution in [2.45, 2.75) is 13.5 Å². The fourth-order valence-corrected chi connectivity index (χ4v) is 2.01. The van der Waals surface area contributed by atoms with Gasteiger partial charge in [0.15, 0.2) is 11.5 Å². The van der Waals surface area contributed by atoms with Crippen LogP contribution in [0.4, 0.5) is 5.95 Å². The van der Waals surface area contributed by atoms with Gasteiger partial charge in [-0.3, -0.25) is 0 Å². The van der Waals surface area contributed by atoms with Crippen LogP contribution in [0.3, 0.4) is 0 Å². The third kappa shape index (κ3) is 1.21. The van der Waals surface area contributed by atoms with Crippen LogP contribution in [0.2, 0.25) is 0 Å². The molecule has 0 radical (unpaired) electrons. The van der Waals surface area contributed by atoms with Gasteiger partial charge in [0.25, 0.3) is 0 Å². The number of ether oxygens (including phenoxy) is 2. The zero-order valence-corrected chi connectivity index (χ0v) is 9.06. The molecule has 16 heavy (non-hydrogen) atoms. The first-order valence-corrected chi connectivity index (χ1v) is 5.35. The van der Waals surface area contributed by atoms with E-state index in [-0.39, 0.29) is 0 Å². The van der Waals surface area contributed by atoms with Crippen LogP contribution in [0.15, 0.2) is 12.1 Å². The van der Waals surface area contributed by atoms with E-state index < -0.39 is 0 Å². The Morgan fingerprint density at radius 3 is 2.69 bits per heavy atom. The topological polar surface area (TPSA) is 62.3 Å². The first-order chi connectivity index (χ1) is 7.79. The largest absolute Gasteiger partial charge is 0.486 e. The molecule has 1 aliphatic rings. The zero-order valence-electron chi connectivity index (χ0n) is 9.06. The van der Waals surface area contributed by atoms with Gasteiger partial charge in [-0.05, 0) is 6.92 Å². The quantitative estimate of drug-likeness (QED) is 0.787. The van der Waals surface area contributed by atoms with E-state index in [2.05, 4.69) is 4.98 Å². The van der Waals surface area contributed by atoms with E-state index in [4.69, 9.17) is 15.2 Å². The van der Waals surface area contributed by atoms with Gasteiger partial charge in [-0.1, -0.05) is 0 Å². The minimum Gasteiger partial charge on any atom is -0.486 e. The van der Waals surface area contributed by atoms with Crippen molar-refractivity contribution in [3.8, 4) is 11.5 Å². The van der Waals surface area contributed by atoms with Crippen LogP contribution in [-0.4, -0.2) is 22.8 Å². The van der Waals surface area contributed by atoms with Gasteiger partial charge in [0.05, 0.1) is 11.0 Å². The van der Waals surface area contributed by atoms with Gasteiger partial charge in [0, 0.05) is 18.7 Å². The number of hydrogen-bond donors (Lipinski definition) is 1. The van der Waals surface area contributed by atoms with Crippen LogP contribution in [0.1, 0.15) is 6.92 Å². The highest BCUT2D eigenvalue weighted by Gasteiger charge is 2.16. The second-order valence-corrected chi connectivity index (χ2v) is 3.70. The minimum absolute atomic E-state index is 0.528. The third-order valence-electron chi connectivity index (χ3n) is 2.76. The van der Waals surface area contributed by atoms with E-state index in [1.165, 1.54) is 0 Å². The standard InChI is InChI=1S/C11H13N3O2/c1-2-14-8-6-10-9(15-3-4-16-10)5-7(8)13-11(14)12/h5-6H,2-4H2,1H3,(H2,12,13). The fraction of sp³-hybridized carbons (Fsp3) is 0.364. The number of fused-ring (bicyclic) bond motifs is 2. The van der Waals surface area contributed by atoms with Crippen molar-refractivity contribution in [3.05, 3.63) is 12.1 Å². The Bertz CT molecular complexity index is 548. The Balaban J connectivity index is 2.27. The van der Waals surface area contributed by atoms with Crippen LogP contribution in [0.5, 0.6) is 11.5 Å². The Hall–Kier alpha value is -1.91. The van der Waals surface area contributed by atoms with Crippen LogP contribution in [0, 0.1) is 0 Å². The molecule has 5 nitrogen and oxygen atoms in total. The number of nitrogen functional groups attached to an aromatic ring is 1. The normalized spacial score (nSPS) is 14.3. The average molecular weight is 219 g/mol. The molecule has 2 aromatic rings. The molecule has 1 aromatic heterocycles. The lowest BCUT2D eigenvalue weighted by molar-refractivity contribution is 0.172. The van der Waals surface area contributed by atoms with Gasteiger partial charge in [0.1, 0.15) is 13.2 Å². The number of imidazole rings is 1. The summed E-state index contributed by atoms with van der Waals surface area (Å²) in [5, 5.41) is 0. The summed E-state index contributed by atoms with van der Waals surface area (Å²) in [7, 11) is 0. The van der Waals surface area contributed by atoms with Gasteiger partial charge in [-0.2, -0.15) is 0 Å². The summed E-state index contributed by atoms with van der Waals surface area (Å²) in [6, 6.07) is 3.82. The molecule has 2 N–H and O–H groups in total. The molecule has 0 fully saturated rings. The van der Waals surface area contributed by atoms with Crippen molar-refractivity contribution in [2.24, 2.45) is 0 Å². The monoisotopic (exact) mass is 219 g/mol. The molecule has 0 saturated carbocycles. The predicted octanol–water partition coefficient (Wildman–Crippen LogP) is 1.41. The Kier molecular flexibility index (Phi) is 1.92. The van der Waals surface area contributed by atoms with Crippen LogP contribution < -0.4 is 15.2 Å². The number of nitrogens with zero attached hydrogens (tertiary/aromatic N) is 2. The Morgan fingerprint density at radius 1 is 1.31 bits per heavy atom. The summed E-state index contributed by atoms with van der Waals surface area (Å²) in [6.45, 7) is 4.01. The maximum atomic E-state index is 5.83. The third-order valence-corrected chi connectivity index (χ3v) is 2.76. The number of benzene rings is 1. The molecule has 0 aliphatic carbocycles. The van der Waals surface area contributed by atoms with Gasteiger partial charge < -0.3 is 19.8 Å². The fourth-order valence-electron chi connectivity index (χ4n) is 2.01. The van der Waals surface area contributed by atoms with Crippen molar-refractivity contribution in [3.63, 3.8) is 0 Å². The van der Waals surface area contributed by atoms with Crippen molar-refractivity contribution in [1.82, 2.24) is 9.55 Å². The molecule has 0 unspecified atom stereocenters. The van der Waals surface area contributed by atoms with Crippen LogP contribution in [-0.2, 0) is 6.54 Å². The molecular weight excluding hydrogens is 206 g/mol.